The van der Waals surface area contributed by atoms with Crippen molar-refractivity contribution in [1.82, 2.24) is 14.9 Å². The number of alkyl halides is 1. The van der Waals surface area contributed by atoms with Crippen molar-refractivity contribution in [3.8, 4) is 0 Å². The molecular weight excluding hydrogens is 298 g/mol. The van der Waals surface area contributed by atoms with Crippen molar-refractivity contribution in [2.24, 2.45) is 0 Å². The SMILES string of the molecule is O=S(=O)(NCCCOCCBr)c1cn[nH]c1. The summed E-state index contributed by atoms with van der Waals surface area (Å²) in [6, 6.07) is 0. The van der Waals surface area contributed by atoms with Crippen LogP contribution in [0.1, 0.15) is 6.42 Å². The average Bonchev–Trinajstić information content (AvgIpc) is 2.77. The van der Waals surface area contributed by atoms with Gasteiger partial charge in [-0.25, -0.2) is 13.1 Å². The molecule has 0 atom stereocenters. The Morgan fingerprint density at radius 3 is 2.94 bits per heavy atom. The fourth-order valence-electron chi connectivity index (χ4n) is 1.01. The molecule has 8 heteroatoms. The third-order valence-electron chi connectivity index (χ3n) is 1.76. The maximum atomic E-state index is 11.6. The molecule has 0 unspecified atom stereocenters. The van der Waals surface area contributed by atoms with Gasteiger partial charge >= 0.3 is 0 Å². The Kier molecular flexibility index (Phi) is 5.96. The van der Waals surface area contributed by atoms with E-state index in [0.717, 1.165) is 5.33 Å². The molecule has 0 amide bonds. The molecule has 0 aromatic carbocycles. The molecule has 0 saturated carbocycles. The normalized spacial score (nSPS) is 11.8. The van der Waals surface area contributed by atoms with Crippen LogP contribution in [0.25, 0.3) is 0 Å². The molecule has 1 aromatic rings. The summed E-state index contributed by atoms with van der Waals surface area (Å²) < 4.78 is 30.8. The number of rotatable bonds is 8. The van der Waals surface area contributed by atoms with E-state index in [1.807, 2.05) is 0 Å². The molecule has 6 nitrogen and oxygen atoms in total. The highest BCUT2D eigenvalue weighted by molar-refractivity contribution is 9.09. The number of hydrogen-bond donors (Lipinski definition) is 2. The van der Waals surface area contributed by atoms with Crippen LogP contribution in [0.15, 0.2) is 17.3 Å². The van der Waals surface area contributed by atoms with Crippen LogP contribution in [0.4, 0.5) is 0 Å². The average molecular weight is 312 g/mol. The van der Waals surface area contributed by atoms with Crippen LogP contribution in [0, 0.1) is 0 Å². The molecule has 0 fully saturated rings. The number of sulfonamides is 1. The maximum Gasteiger partial charge on any atom is 0.243 e. The van der Waals surface area contributed by atoms with Crippen LogP contribution < -0.4 is 4.72 Å². The van der Waals surface area contributed by atoms with E-state index in [-0.39, 0.29) is 4.90 Å². The van der Waals surface area contributed by atoms with Crippen LogP contribution in [0.5, 0.6) is 0 Å². The van der Waals surface area contributed by atoms with Gasteiger partial charge in [0.25, 0.3) is 0 Å². The predicted molar refractivity (Wildman–Crippen MR) is 63.0 cm³/mol. The lowest BCUT2D eigenvalue weighted by Gasteiger charge is -2.04. The summed E-state index contributed by atoms with van der Waals surface area (Å²) in [7, 11) is -3.42. The molecule has 0 aliphatic carbocycles. The van der Waals surface area contributed by atoms with Gasteiger partial charge in [0.1, 0.15) is 4.90 Å². The molecule has 0 bridgehead atoms. The molecule has 16 heavy (non-hydrogen) atoms. The van der Waals surface area contributed by atoms with Crippen LogP contribution in [-0.4, -0.2) is 43.7 Å². The van der Waals surface area contributed by atoms with Crippen molar-refractivity contribution in [3.05, 3.63) is 12.4 Å². The number of H-pyrrole nitrogens is 1. The Morgan fingerprint density at radius 2 is 2.31 bits per heavy atom. The minimum Gasteiger partial charge on any atom is -0.381 e. The number of hydrogen-bond acceptors (Lipinski definition) is 4. The van der Waals surface area contributed by atoms with Gasteiger partial charge in [0.15, 0.2) is 0 Å². The zero-order valence-electron chi connectivity index (χ0n) is 8.65. The van der Waals surface area contributed by atoms with Gasteiger partial charge in [-0.05, 0) is 6.42 Å². The molecule has 0 aliphatic heterocycles. The molecule has 2 N–H and O–H groups in total. The van der Waals surface area contributed by atoms with E-state index in [4.69, 9.17) is 4.74 Å². The Hall–Kier alpha value is -0.440. The zero-order chi connectivity index (χ0) is 11.9. The van der Waals surface area contributed by atoms with Gasteiger partial charge in [0.2, 0.25) is 10.0 Å². The second-order valence-corrected chi connectivity index (χ2v) is 5.55. The number of aromatic nitrogens is 2. The maximum absolute atomic E-state index is 11.6. The van der Waals surface area contributed by atoms with Crippen LogP contribution in [0.3, 0.4) is 0 Å². The van der Waals surface area contributed by atoms with Gasteiger partial charge in [-0.15, -0.1) is 0 Å². The number of ether oxygens (including phenoxy) is 1. The molecule has 0 radical (unpaired) electrons. The Morgan fingerprint density at radius 1 is 1.50 bits per heavy atom. The minimum absolute atomic E-state index is 0.147. The van der Waals surface area contributed by atoms with E-state index in [1.165, 1.54) is 12.4 Å². The first-order valence-electron chi connectivity index (χ1n) is 4.79. The Bertz CT molecular complexity index is 379. The fraction of sp³-hybridized carbons (Fsp3) is 0.625. The summed E-state index contributed by atoms with van der Waals surface area (Å²) in [5, 5.41) is 6.82. The highest BCUT2D eigenvalue weighted by atomic mass is 79.9. The van der Waals surface area contributed by atoms with E-state index >= 15 is 0 Å². The smallest absolute Gasteiger partial charge is 0.243 e. The summed E-state index contributed by atoms with van der Waals surface area (Å²) in [6.45, 7) is 1.53. The standard InChI is InChI=1S/C8H14BrN3O3S/c9-2-5-15-4-1-3-12-16(13,14)8-6-10-11-7-8/h6-7,12H,1-5H2,(H,10,11). The molecular formula is C8H14BrN3O3S. The number of halogens is 1. The number of nitrogens with one attached hydrogen (secondary N) is 2. The lowest BCUT2D eigenvalue weighted by molar-refractivity contribution is 0.149. The van der Waals surface area contributed by atoms with E-state index in [9.17, 15) is 8.42 Å². The molecule has 0 spiro atoms. The summed E-state index contributed by atoms with van der Waals surface area (Å²) in [5.41, 5.74) is 0. The van der Waals surface area contributed by atoms with Gasteiger partial charge in [-0.1, -0.05) is 15.9 Å². The highest BCUT2D eigenvalue weighted by Gasteiger charge is 2.13. The van der Waals surface area contributed by atoms with Gasteiger partial charge in [-0.3, -0.25) is 5.10 Å². The summed E-state index contributed by atoms with van der Waals surface area (Å²) >= 11 is 3.23. The van der Waals surface area contributed by atoms with Crippen LogP contribution in [-0.2, 0) is 14.8 Å². The topological polar surface area (TPSA) is 84.1 Å². The predicted octanol–water partition coefficient (Wildman–Crippen LogP) is 0.490. The first kappa shape index (κ1) is 13.6. The molecule has 0 aliphatic rings. The number of aromatic amines is 1. The van der Waals surface area contributed by atoms with Crippen LogP contribution >= 0.6 is 15.9 Å². The molecule has 0 saturated heterocycles. The largest absolute Gasteiger partial charge is 0.381 e. The third-order valence-corrected chi connectivity index (χ3v) is 3.51. The second-order valence-electron chi connectivity index (χ2n) is 2.99. The summed E-state index contributed by atoms with van der Waals surface area (Å²) in [6.07, 6.45) is 3.25. The molecule has 92 valence electrons. The lowest BCUT2D eigenvalue weighted by atomic mass is 10.5. The zero-order valence-corrected chi connectivity index (χ0v) is 11.1. The first-order valence-corrected chi connectivity index (χ1v) is 7.39. The van der Waals surface area contributed by atoms with Crippen molar-refractivity contribution >= 4 is 26.0 Å². The van der Waals surface area contributed by atoms with Gasteiger partial charge in [-0.2, -0.15) is 5.10 Å². The molecule has 1 heterocycles. The van der Waals surface area contributed by atoms with Gasteiger partial charge < -0.3 is 4.74 Å². The monoisotopic (exact) mass is 311 g/mol. The quantitative estimate of drug-likeness (QED) is 0.540. The van der Waals surface area contributed by atoms with E-state index in [1.54, 1.807) is 0 Å². The molecule has 1 aromatic heterocycles. The summed E-state index contributed by atoms with van der Waals surface area (Å²) in [5.74, 6) is 0. The second kappa shape index (κ2) is 7.00. The summed E-state index contributed by atoms with van der Waals surface area (Å²) in [4.78, 5) is 0.147. The lowest BCUT2D eigenvalue weighted by Crippen LogP contribution is -2.25. The van der Waals surface area contributed by atoms with E-state index in [2.05, 4.69) is 30.8 Å². The minimum atomic E-state index is -3.42. The Labute approximate surface area is 103 Å². The van der Waals surface area contributed by atoms with E-state index < -0.39 is 10.0 Å². The van der Waals surface area contributed by atoms with Crippen molar-refractivity contribution in [3.63, 3.8) is 0 Å². The van der Waals surface area contributed by atoms with Gasteiger partial charge in [0, 0.05) is 24.7 Å². The first-order chi connectivity index (χ1) is 7.67. The van der Waals surface area contributed by atoms with Crippen molar-refractivity contribution in [2.75, 3.05) is 25.1 Å². The van der Waals surface area contributed by atoms with Crippen molar-refractivity contribution < 1.29 is 13.2 Å². The van der Waals surface area contributed by atoms with Crippen molar-refractivity contribution in [1.29, 1.82) is 0 Å². The fourth-order valence-corrected chi connectivity index (χ4v) is 2.21. The van der Waals surface area contributed by atoms with E-state index in [0.29, 0.717) is 26.2 Å². The van der Waals surface area contributed by atoms with Gasteiger partial charge in [0.05, 0.1) is 12.8 Å². The third kappa shape index (κ3) is 4.60. The van der Waals surface area contributed by atoms with Crippen molar-refractivity contribution in [2.45, 2.75) is 11.3 Å². The van der Waals surface area contributed by atoms with Crippen LogP contribution in [0.2, 0.25) is 0 Å². The highest BCUT2D eigenvalue weighted by Crippen LogP contribution is 2.03. The molecule has 1 rings (SSSR count). The number of nitrogens with zero attached hydrogens (tertiary/aromatic N) is 1. The Balaban J connectivity index is 2.22.